The fourth-order valence-electron chi connectivity index (χ4n) is 3.06. The first-order valence-corrected chi connectivity index (χ1v) is 8.96. The normalized spacial score (nSPS) is 13.5. The second-order valence-corrected chi connectivity index (χ2v) is 6.64. The first-order valence-electron chi connectivity index (χ1n) is 8.59. The zero-order chi connectivity index (χ0) is 20.3. The predicted molar refractivity (Wildman–Crippen MR) is 104 cm³/mol. The Labute approximate surface area is 166 Å². The maximum atomic E-state index is 13.3. The molecular weight excluding hydrogens is 386 g/mol. The number of non-ortho nitro benzene ring substituents is 1. The number of nitrogens with zero attached hydrogens (tertiary/aromatic N) is 3. The van der Waals surface area contributed by atoms with Crippen LogP contribution in [0.15, 0.2) is 42.5 Å². The van der Waals surface area contributed by atoms with E-state index in [1.165, 1.54) is 24.1 Å². The number of hydrogen-bond acceptors (Lipinski definition) is 5. The smallest absolute Gasteiger partial charge is 0.270 e. The third kappa shape index (κ3) is 3.91. The van der Waals surface area contributed by atoms with E-state index in [0.717, 1.165) is 6.07 Å². The third-order valence-electron chi connectivity index (χ3n) is 4.50. The van der Waals surface area contributed by atoms with Gasteiger partial charge in [0.25, 0.3) is 11.6 Å². The molecule has 1 fully saturated rings. The van der Waals surface area contributed by atoms with Crippen molar-refractivity contribution >= 4 is 34.8 Å². The van der Waals surface area contributed by atoms with Gasteiger partial charge >= 0.3 is 0 Å². The Balaban J connectivity index is 2.05. The van der Waals surface area contributed by atoms with Gasteiger partial charge in [0.05, 0.1) is 28.3 Å². The van der Waals surface area contributed by atoms with E-state index in [1.807, 2.05) is 0 Å². The van der Waals surface area contributed by atoms with Gasteiger partial charge in [-0.05, 0) is 24.6 Å². The number of carbonyl (C=O) groups is 2. The minimum atomic E-state index is -0.593. The quantitative estimate of drug-likeness (QED) is 0.543. The van der Waals surface area contributed by atoms with Crippen molar-refractivity contribution < 1.29 is 19.2 Å². The molecule has 1 aliphatic rings. The van der Waals surface area contributed by atoms with E-state index in [0.29, 0.717) is 30.8 Å². The Morgan fingerprint density at radius 3 is 2.71 bits per heavy atom. The second-order valence-electron chi connectivity index (χ2n) is 6.23. The van der Waals surface area contributed by atoms with Crippen molar-refractivity contribution in [2.24, 2.45) is 0 Å². The van der Waals surface area contributed by atoms with Crippen molar-refractivity contribution in [2.45, 2.75) is 12.8 Å². The summed E-state index contributed by atoms with van der Waals surface area (Å²) in [5.41, 5.74) is 0.177. The zero-order valence-corrected chi connectivity index (χ0v) is 15.9. The van der Waals surface area contributed by atoms with Gasteiger partial charge in [-0.25, -0.2) is 0 Å². The fourth-order valence-corrected chi connectivity index (χ4v) is 3.26. The van der Waals surface area contributed by atoms with Gasteiger partial charge in [-0.1, -0.05) is 23.7 Å². The lowest BCUT2D eigenvalue weighted by Gasteiger charge is -2.29. The van der Waals surface area contributed by atoms with Gasteiger partial charge in [-0.3, -0.25) is 24.6 Å². The first-order chi connectivity index (χ1) is 13.4. The minimum absolute atomic E-state index is 0.00292. The fraction of sp³-hybridized carbons (Fsp3) is 0.263. The van der Waals surface area contributed by atoms with Gasteiger partial charge in [0.15, 0.2) is 0 Å². The number of likely N-dealkylation sites (tertiary alicyclic amines) is 1. The van der Waals surface area contributed by atoms with E-state index in [1.54, 1.807) is 29.2 Å². The van der Waals surface area contributed by atoms with Gasteiger partial charge in [0.1, 0.15) is 12.4 Å². The molecule has 0 aliphatic carbocycles. The van der Waals surface area contributed by atoms with Crippen LogP contribution in [-0.4, -0.2) is 42.0 Å². The van der Waals surface area contributed by atoms with Crippen LogP contribution in [0, 0.1) is 10.1 Å². The number of hydrogen-bond donors (Lipinski definition) is 0. The van der Waals surface area contributed by atoms with Crippen molar-refractivity contribution in [3.05, 3.63) is 63.2 Å². The molecule has 0 unspecified atom stereocenters. The van der Waals surface area contributed by atoms with Crippen LogP contribution in [0.1, 0.15) is 23.2 Å². The minimum Gasteiger partial charge on any atom is -0.495 e. The molecule has 0 bridgehead atoms. The van der Waals surface area contributed by atoms with E-state index >= 15 is 0 Å². The average Bonchev–Trinajstić information content (AvgIpc) is 3.10. The molecule has 2 aromatic carbocycles. The predicted octanol–water partition coefficient (Wildman–Crippen LogP) is 3.48. The van der Waals surface area contributed by atoms with Crippen LogP contribution in [0.5, 0.6) is 5.75 Å². The monoisotopic (exact) mass is 403 g/mol. The molecule has 2 aromatic rings. The standard InChI is InChI=1S/C19H18ClN3O5/c1-28-17-6-3-2-5-16(17)22(12-21-10-4-7-18(21)24)19(25)14-11-13(23(26)27)8-9-15(14)20/h2-3,5-6,8-9,11H,4,7,10,12H2,1H3. The zero-order valence-electron chi connectivity index (χ0n) is 15.1. The maximum absolute atomic E-state index is 13.3. The van der Waals surface area contributed by atoms with Crippen LogP contribution in [0.25, 0.3) is 0 Å². The number of para-hydroxylation sites is 2. The summed E-state index contributed by atoms with van der Waals surface area (Å²) in [6.07, 6.45) is 1.13. The van der Waals surface area contributed by atoms with E-state index in [-0.39, 0.29) is 28.8 Å². The molecule has 0 saturated carbocycles. The number of benzene rings is 2. The van der Waals surface area contributed by atoms with Crippen molar-refractivity contribution in [3.63, 3.8) is 0 Å². The maximum Gasteiger partial charge on any atom is 0.270 e. The lowest BCUT2D eigenvalue weighted by molar-refractivity contribution is -0.384. The molecule has 0 aromatic heterocycles. The van der Waals surface area contributed by atoms with Crippen molar-refractivity contribution in [3.8, 4) is 5.75 Å². The molecule has 1 aliphatic heterocycles. The number of nitro groups is 1. The molecule has 8 nitrogen and oxygen atoms in total. The summed E-state index contributed by atoms with van der Waals surface area (Å²) < 4.78 is 5.36. The van der Waals surface area contributed by atoms with Crippen molar-refractivity contribution in [2.75, 3.05) is 25.2 Å². The number of anilines is 1. The summed E-state index contributed by atoms with van der Waals surface area (Å²) in [6, 6.07) is 10.5. The lowest BCUT2D eigenvalue weighted by atomic mass is 10.1. The highest BCUT2D eigenvalue weighted by Gasteiger charge is 2.29. The van der Waals surface area contributed by atoms with Crippen LogP contribution in [0.4, 0.5) is 11.4 Å². The molecule has 2 amide bonds. The number of halogens is 1. The average molecular weight is 404 g/mol. The summed E-state index contributed by atoms with van der Waals surface area (Å²) in [5.74, 6) is -0.181. The Bertz CT molecular complexity index is 934. The highest BCUT2D eigenvalue weighted by atomic mass is 35.5. The lowest BCUT2D eigenvalue weighted by Crippen LogP contribution is -2.42. The number of amides is 2. The van der Waals surface area contributed by atoms with Gasteiger partial charge in [0.2, 0.25) is 5.91 Å². The summed E-state index contributed by atoms with van der Waals surface area (Å²) in [6.45, 7) is 0.525. The Morgan fingerprint density at radius 2 is 2.07 bits per heavy atom. The van der Waals surface area contributed by atoms with Gasteiger partial charge in [-0.2, -0.15) is 0 Å². The highest BCUT2D eigenvalue weighted by Crippen LogP contribution is 2.32. The Hall–Kier alpha value is -3.13. The molecule has 3 rings (SSSR count). The SMILES string of the molecule is COc1ccccc1N(CN1CCCC1=O)C(=O)c1cc([N+](=O)[O-])ccc1Cl. The van der Waals surface area contributed by atoms with Crippen molar-refractivity contribution in [1.29, 1.82) is 0 Å². The number of rotatable bonds is 6. The molecule has 0 N–H and O–H groups in total. The van der Waals surface area contributed by atoms with E-state index in [2.05, 4.69) is 0 Å². The van der Waals surface area contributed by atoms with Gasteiger partial charge < -0.3 is 9.64 Å². The summed E-state index contributed by atoms with van der Waals surface area (Å²) in [4.78, 5) is 38.9. The molecule has 146 valence electrons. The molecule has 0 spiro atoms. The van der Waals surface area contributed by atoms with Crippen LogP contribution in [-0.2, 0) is 4.79 Å². The van der Waals surface area contributed by atoms with Crippen LogP contribution in [0.2, 0.25) is 5.02 Å². The molecule has 0 radical (unpaired) electrons. The number of carbonyl (C=O) groups excluding carboxylic acids is 2. The Morgan fingerprint density at radius 1 is 1.32 bits per heavy atom. The molecular formula is C19H18ClN3O5. The van der Waals surface area contributed by atoms with Crippen LogP contribution >= 0.6 is 11.6 Å². The van der Waals surface area contributed by atoms with E-state index in [4.69, 9.17) is 16.3 Å². The van der Waals surface area contributed by atoms with Crippen molar-refractivity contribution in [1.82, 2.24) is 4.90 Å². The van der Waals surface area contributed by atoms with Crippen LogP contribution in [0.3, 0.4) is 0 Å². The van der Waals surface area contributed by atoms with E-state index in [9.17, 15) is 19.7 Å². The molecule has 0 atom stereocenters. The third-order valence-corrected chi connectivity index (χ3v) is 4.83. The second kappa shape index (κ2) is 8.26. The molecule has 1 saturated heterocycles. The number of nitro benzene ring substituents is 1. The van der Waals surface area contributed by atoms with Crippen LogP contribution < -0.4 is 9.64 Å². The van der Waals surface area contributed by atoms with E-state index < -0.39 is 10.8 Å². The summed E-state index contributed by atoms with van der Waals surface area (Å²) in [7, 11) is 1.48. The van der Waals surface area contributed by atoms with Gasteiger partial charge in [0, 0.05) is 25.1 Å². The molecule has 28 heavy (non-hydrogen) atoms. The topological polar surface area (TPSA) is 93.0 Å². The number of ether oxygens (including phenoxy) is 1. The Kier molecular flexibility index (Phi) is 5.79. The molecule has 1 heterocycles. The summed E-state index contributed by atoms with van der Waals surface area (Å²) >= 11 is 6.16. The number of methoxy groups -OCH3 is 1. The first kappa shape index (κ1) is 19.6. The largest absolute Gasteiger partial charge is 0.495 e. The summed E-state index contributed by atoms with van der Waals surface area (Å²) in [5, 5.41) is 11.2. The molecule has 9 heteroatoms. The highest BCUT2D eigenvalue weighted by molar-refractivity contribution is 6.34. The van der Waals surface area contributed by atoms with Gasteiger partial charge in [-0.15, -0.1) is 0 Å².